The van der Waals surface area contributed by atoms with Crippen LogP contribution in [0.1, 0.15) is 38.4 Å². The van der Waals surface area contributed by atoms with E-state index in [4.69, 9.17) is 0 Å². The fraction of sp³-hybridized carbons (Fsp3) is 0.786. The molecule has 1 aromatic rings. The minimum absolute atomic E-state index is 0. The van der Waals surface area contributed by atoms with Crippen LogP contribution in [-0.2, 0) is 19.5 Å². The lowest BCUT2D eigenvalue weighted by Crippen LogP contribution is -2.38. The third kappa shape index (κ3) is 4.99. The van der Waals surface area contributed by atoms with Gasteiger partial charge in [-0.25, -0.2) is 9.48 Å². The van der Waals surface area contributed by atoms with Crippen molar-refractivity contribution in [2.24, 2.45) is 4.99 Å². The standard InChI is InChI=1S/C14H26N6O.HI/c1-3-8-16-13(15-2)17-9-6-11-20-14(21)19-10-5-4-7-12(19)18-20;/h3-11H2,1-2H3,(H2,15,16,17);1H. The van der Waals surface area contributed by atoms with Gasteiger partial charge >= 0.3 is 5.69 Å². The van der Waals surface area contributed by atoms with Crippen LogP contribution in [0.5, 0.6) is 0 Å². The lowest BCUT2D eigenvalue weighted by molar-refractivity contribution is 0.509. The summed E-state index contributed by atoms with van der Waals surface area (Å²) in [6, 6.07) is 0. The van der Waals surface area contributed by atoms with E-state index in [2.05, 4.69) is 27.6 Å². The predicted octanol–water partition coefficient (Wildman–Crippen LogP) is 0.964. The molecule has 0 spiro atoms. The van der Waals surface area contributed by atoms with Crippen LogP contribution >= 0.6 is 24.0 Å². The number of nitrogens with zero attached hydrogens (tertiary/aromatic N) is 4. The number of rotatable bonds is 6. The van der Waals surface area contributed by atoms with Crippen molar-refractivity contribution >= 4 is 29.9 Å². The second kappa shape index (κ2) is 9.86. The SMILES string of the molecule is CCCNC(=NC)NCCCn1nc2n(c1=O)CCCC2.I. The van der Waals surface area contributed by atoms with Gasteiger partial charge in [0, 0.05) is 39.6 Å². The van der Waals surface area contributed by atoms with E-state index in [0.29, 0.717) is 6.54 Å². The van der Waals surface area contributed by atoms with Gasteiger partial charge in [0.05, 0.1) is 0 Å². The van der Waals surface area contributed by atoms with Crippen LogP contribution < -0.4 is 16.3 Å². The molecule has 0 atom stereocenters. The van der Waals surface area contributed by atoms with Crippen molar-refractivity contribution < 1.29 is 0 Å². The van der Waals surface area contributed by atoms with Gasteiger partial charge in [-0.15, -0.1) is 24.0 Å². The third-order valence-corrected chi connectivity index (χ3v) is 3.64. The molecule has 2 N–H and O–H groups in total. The first-order valence-electron chi connectivity index (χ1n) is 7.87. The highest BCUT2D eigenvalue weighted by atomic mass is 127. The molecule has 0 fully saturated rings. The predicted molar refractivity (Wildman–Crippen MR) is 99.1 cm³/mol. The van der Waals surface area contributed by atoms with Crippen molar-refractivity contribution in [2.45, 2.75) is 52.1 Å². The molecule has 0 saturated heterocycles. The molecule has 0 unspecified atom stereocenters. The Morgan fingerprint density at radius 1 is 1.32 bits per heavy atom. The van der Waals surface area contributed by atoms with E-state index in [1.807, 2.05) is 4.57 Å². The van der Waals surface area contributed by atoms with E-state index in [1.165, 1.54) is 0 Å². The van der Waals surface area contributed by atoms with E-state index in [9.17, 15) is 4.79 Å². The van der Waals surface area contributed by atoms with Gasteiger partial charge in [0.25, 0.3) is 0 Å². The number of hydrogen-bond acceptors (Lipinski definition) is 3. The Kier molecular flexibility index (Phi) is 8.51. The van der Waals surface area contributed by atoms with Crippen LogP contribution in [0.25, 0.3) is 0 Å². The summed E-state index contributed by atoms with van der Waals surface area (Å²) in [7, 11) is 1.76. The number of aliphatic imine (C=N–C) groups is 1. The molecule has 8 heteroatoms. The van der Waals surface area contributed by atoms with Crippen molar-refractivity contribution in [3.8, 4) is 0 Å². The fourth-order valence-corrected chi connectivity index (χ4v) is 2.49. The zero-order valence-electron chi connectivity index (χ0n) is 13.5. The molecule has 0 saturated carbocycles. The highest BCUT2D eigenvalue weighted by molar-refractivity contribution is 14.0. The van der Waals surface area contributed by atoms with Crippen LogP contribution in [0.2, 0.25) is 0 Å². The van der Waals surface area contributed by atoms with Gasteiger partial charge in [-0.1, -0.05) is 6.92 Å². The minimum Gasteiger partial charge on any atom is -0.356 e. The number of guanidine groups is 1. The lowest BCUT2D eigenvalue weighted by atomic mass is 10.2. The summed E-state index contributed by atoms with van der Waals surface area (Å²) in [5, 5.41) is 10.9. The lowest BCUT2D eigenvalue weighted by Gasteiger charge is -2.10. The van der Waals surface area contributed by atoms with Crippen molar-refractivity contribution in [3.05, 3.63) is 16.3 Å². The first kappa shape index (κ1) is 19.0. The molecule has 1 aromatic heterocycles. The van der Waals surface area contributed by atoms with Gasteiger partial charge in [0.15, 0.2) is 5.96 Å². The zero-order valence-corrected chi connectivity index (χ0v) is 15.8. The molecular formula is C14H27IN6O. The van der Waals surface area contributed by atoms with Gasteiger partial charge in [-0.05, 0) is 25.7 Å². The number of nitrogens with one attached hydrogen (secondary N) is 2. The largest absolute Gasteiger partial charge is 0.356 e. The molecule has 0 aliphatic carbocycles. The highest BCUT2D eigenvalue weighted by Gasteiger charge is 2.15. The number of fused-ring (bicyclic) bond motifs is 1. The van der Waals surface area contributed by atoms with Gasteiger partial charge in [0.2, 0.25) is 0 Å². The molecule has 2 heterocycles. The van der Waals surface area contributed by atoms with Gasteiger partial charge in [-0.2, -0.15) is 5.10 Å². The Labute approximate surface area is 148 Å². The Morgan fingerprint density at radius 2 is 2.09 bits per heavy atom. The summed E-state index contributed by atoms with van der Waals surface area (Å²) >= 11 is 0. The van der Waals surface area contributed by atoms with Gasteiger partial charge < -0.3 is 10.6 Å². The molecule has 2 rings (SSSR count). The summed E-state index contributed by atoms with van der Waals surface area (Å²) in [6.45, 7) is 5.27. The van der Waals surface area contributed by atoms with Crippen LogP contribution in [0.3, 0.4) is 0 Å². The van der Waals surface area contributed by atoms with E-state index in [0.717, 1.165) is 63.5 Å². The van der Waals surface area contributed by atoms with Crippen molar-refractivity contribution in [1.82, 2.24) is 25.0 Å². The van der Waals surface area contributed by atoms with E-state index >= 15 is 0 Å². The topological polar surface area (TPSA) is 76.2 Å². The molecule has 1 aliphatic heterocycles. The maximum Gasteiger partial charge on any atom is 0.345 e. The molecule has 0 bridgehead atoms. The molecule has 7 nitrogen and oxygen atoms in total. The molecule has 22 heavy (non-hydrogen) atoms. The molecular weight excluding hydrogens is 395 g/mol. The number of halogens is 1. The molecule has 1 aliphatic rings. The fourth-order valence-electron chi connectivity index (χ4n) is 2.49. The Hall–Kier alpha value is -1.06. The molecule has 0 radical (unpaired) electrons. The first-order valence-corrected chi connectivity index (χ1v) is 7.87. The van der Waals surface area contributed by atoms with Crippen LogP contribution in [0, 0.1) is 0 Å². The van der Waals surface area contributed by atoms with Crippen LogP contribution in [0.4, 0.5) is 0 Å². The number of aryl methyl sites for hydroxylation is 2. The van der Waals surface area contributed by atoms with E-state index in [-0.39, 0.29) is 29.7 Å². The summed E-state index contributed by atoms with van der Waals surface area (Å²) in [5.41, 5.74) is 0.0400. The van der Waals surface area contributed by atoms with Crippen LogP contribution in [-0.4, -0.2) is 40.4 Å². The highest BCUT2D eigenvalue weighted by Crippen LogP contribution is 2.09. The minimum atomic E-state index is 0. The zero-order chi connectivity index (χ0) is 15.1. The van der Waals surface area contributed by atoms with Gasteiger partial charge in [-0.3, -0.25) is 9.56 Å². The molecule has 0 aromatic carbocycles. The van der Waals surface area contributed by atoms with Gasteiger partial charge in [0.1, 0.15) is 5.82 Å². The van der Waals surface area contributed by atoms with E-state index < -0.39 is 0 Å². The first-order chi connectivity index (χ1) is 10.3. The maximum absolute atomic E-state index is 12.1. The Morgan fingerprint density at radius 3 is 2.77 bits per heavy atom. The quantitative estimate of drug-likeness (QED) is 0.310. The summed E-state index contributed by atoms with van der Waals surface area (Å²) in [6.07, 6.45) is 5.06. The summed E-state index contributed by atoms with van der Waals surface area (Å²) in [5.74, 6) is 1.76. The van der Waals surface area contributed by atoms with E-state index in [1.54, 1.807) is 11.7 Å². The Balaban J connectivity index is 0.00000242. The van der Waals surface area contributed by atoms with Crippen molar-refractivity contribution in [3.63, 3.8) is 0 Å². The normalized spacial score (nSPS) is 14.2. The summed E-state index contributed by atoms with van der Waals surface area (Å²) in [4.78, 5) is 16.3. The second-order valence-corrected chi connectivity index (χ2v) is 5.31. The average Bonchev–Trinajstić information content (AvgIpc) is 2.83. The smallest absolute Gasteiger partial charge is 0.345 e. The van der Waals surface area contributed by atoms with Crippen molar-refractivity contribution in [2.75, 3.05) is 20.1 Å². The molecule has 126 valence electrons. The summed E-state index contributed by atoms with van der Waals surface area (Å²) < 4.78 is 3.42. The van der Waals surface area contributed by atoms with Crippen molar-refractivity contribution in [1.29, 1.82) is 0 Å². The average molecular weight is 422 g/mol. The van der Waals surface area contributed by atoms with Crippen LogP contribution in [0.15, 0.2) is 9.79 Å². The second-order valence-electron chi connectivity index (χ2n) is 5.31. The number of aromatic nitrogens is 3. The Bertz CT molecular complexity index is 536. The molecule has 0 amide bonds. The third-order valence-electron chi connectivity index (χ3n) is 3.64. The monoisotopic (exact) mass is 422 g/mol. The number of hydrogen-bond donors (Lipinski definition) is 2. The maximum atomic E-state index is 12.1.